The van der Waals surface area contributed by atoms with Crippen LogP contribution in [-0.4, -0.2) is 45.7 Å². The topological polar surface area (TPSA) is 36.9 Å². The molecule has 1 atom stereocenters. The summed E-state index contributed by atoms with van der Waals surface area (Å²) in [5, 5.41) is 0. The maximum atomic E-state index is 6.15. The van der Waals surface area contributed by atoms with Crippen molar-refractivity contribution in [2.24, 2.45) is 0 Å². The fourth-order valence-electron chi connectivity index (χ4n) is 3.07. The first-order chi connectivity index (χ1) is 13.9. The summed E-state index contributed by atoms with van der Waals surface area (Å²) in [6, 6.07) is 10.1. The van der Waals surface area contributed by atoms with E-state index < -0.39 is 0 Å². The molecule has 1 rings (SSSR count). The van der Waals surface area contributed by atoms with E-state index in [1.165, 1.54) is 51.4 Å². The van der Waals surface area contributed by atoms with Crippen LogP contribution < -0.4 is 4.74 Å². The van der Waals surface area contributed by atoms with Crippen LogP contribution in [0.15, 0.2) is 30.3 Å². The van der Waals surface area contributed by atoms with Crippen molar-refractivity contribution in [3.63, 3.8) is 0 Å². The van der Waals surface area contributed by atoms with Crippen molar-refractivity contribution in [2.45, 2.75) is 77.7 Å². The van der Waals surface area contributed by atoms with Gasteiger partial charge in [-0.25, -0.2) is 0 Å². The van der Waals surface area contributed by atoms with Crippen molar-refractivity contribution in [3.05, 3.63) is 30.3 Å². The molecule has 0 aliphatic carbocycles. The van der Waals surface area contributed by atoms with E-state index in [1.807, 2.05) is 37.3 Å². The largest absolute Gasteiger partial charge is 0.488 e. The van der Waals surface area contributed by atoms with Gasteiger partial charge in [-0.2, -0.15) is 0 Å². The molecule has 0 N–H and O–H groups in total. The summed E-state index contributed by atoms with van der Waals surface area (Å²) >= 11 is 0. The van der Waals surface area contributed by atoms with Gasteiger partial charge in [-0.15, -0.1) is 0 Å². The van der Waals surface area contributed by atoms with Gasteiger partial charge in [0, 0.05) is 6.61 Å². The van der Waals surface area contributed by atoms with Crippen LogP contribution in [0.25, 0.3) is 0 Å². The van der Waals surface area contributed by atoms with E-state index in [0.717, 1.165) is 18.8 Å². The maximum Gasteiger partial charge on any atom is 0.122 e. The normalized spacial score (nSPS) is 12.2. The van der Waals surface area contributed by atoms with Crippen molar-refractivity contribution in [2.75, 3.05) is 39.6 Å². The Labute approximate surface area is 172 Å². The zero-order chi connectivity index (χ0) is 20.1. The summed E-state index contributed by atoms with van der Waals surface area (Å²) in [7, 11) is 0. The third kappa shape index (κ3) is 14.9. The highest BCUT2D eigenvalue weighted by Gasteiger charge is 2.11. The quantitative estimate of drug-likeness (QED) is 0.253. The maximum absolute atomic E-state index is 6.15. The highest BCUT2D eigenvalue weighted by Crippen LogP contribution is 2.16. The fourth-order valence-corrected chi connectivity index (χ4v) is 3.07. The van der Waals surface area contributed by atoms with Gasteiger partial charge < -0.3 is 18.9 Å². The van der Waals surface area contributed by atoms with Gasteiger partial charge in [-0.05, 0) is 31.9 Å². The van der Waals surface area contributed by atoms with Crippen LogP contribution in [0.1, 0.15) is 71.6 Å². The molecular weight excluding hydrogens is 352 g/mol. The fraction of sp³-hybridized carbons (Fsp3) is 0.750. The van der Waals surface area contributed by atoms with E-state index in [2.05, 4.69) is 6.92 Å². The molecule has 0 aromatic heterocycles. The predicted octanol–water partition coefficient (Wildman–Crippen LogP) is 6.03. The first kappa shape index (κ1) is 24.9. The molecule has 0 aliphatic heterocycles. The van der Waals surface area contributed by atoms with Gasteiger partial charge in [0.2, 0.25) is 0 Å². The van der Waals surface area contributed by atoms with Crippen LogP contribution in [0.4, 0.5) is 0 Å². The Hall–Kier alpha value is -1.10. The molecule has 0 heterocycles. The molecule has 4 nitrogen and oxygen atoms in total. The number of unbranched alkanes of at least 4 members (excludes halogenated alkanes) is 7. The molecule has 28 heavy (non-hydrogen) atoms. The van der Waals surface area contributed by atoms with Gasteiger partial charge in [0.15, 0.2) is 0 Å². The van der Waals surface area contributed by atoms with Crippen LogP contribution in [-0.2, 0) is 14.2 Å². The first-order valence-electron chi connectivity index (χ1n) is 11.3. The van der Waals surface area contributed by atoms with Gasteiger partial charge in [0.1, 0.15) is 11.9 Å². The average Bonchev–Trinajstić information content (AvgIpc) is 2.72. The number of hydrogen-bond acceptors (Lipinski definition) is 4. The second-order valence-corrected chi connectivity index (χ2v) is 7.20. The summed E-state index contributed by atoms with van der Waals surface area (Å²) in [5.41, 5.74) is 0. The lowest BCUT2D eigenvalue weighted by Crippen LogP contribution is -2.24. The molecule has 0 bridgehead atoms. The summed E-state index contributed by atoms with van der Waals surface area (Å²) in [6.07, 6.45) is 11.8. The molecule has 0 fully saturated rings. The number of rotatable bonds is 20. The smallest absolute Gasteiger partial charge is 0.122 e. The molecule has 0 saturated heterocycles. The third-order valence-electron chi connectivity index (χ3n) is 4.68. The van der Waals surface area contributed by atoms with Crippen molar-refractivity contribution in [1.29, 1.82) is 0 Å². The van der Waals surface area contributed by atoms with E-state index in [1.54, 1.807) is 0 Å². The van der Waals surface area contributed by atoms with Gasteiger partial charge in [0.25, 0.3) is 0 Å². The highest BCUT2D eigenvalue weighted by molar-refractivity contribution is 5.21. The molecule has 0 spiro atoms. The summed E-state index contributed by atoms with van der Waals surface area (Å²) < 4.78 is 22.7. The van der Waals surface area contributed by atoms with Crippen molar-refractivity contribution in [3.8, 4) is 5.75 Å². The number of hydrogen-bond donors (Lipinski definition) is 0. The summed E-state index contributed by atoms with van der Waals surface area (Å²) in [5.74, 6) is 0.920. The average molecular weight is 395 g/mol. The summed E-state index contributed by atoms with van der Waals surface area (Å²) in [4.78, 5) is 0. The lowest BCUT2D eigenvalue weighted by Gasteiger charge is -2.19. The second kappa shape index (κ2) is 19.2. The Morgan fingerprint density at radius 1 is 0.679 bits per heavy atom. The van der Waals surface area contributed by atoms with Gasteiger partial charge in [-0.3, -0.25) is 0 Å². The third-order valence-corrected chi connectivity index (χ3v) is 4.68. The molecule has 1 unspecified atom stereocenters. The Morgan fingerprint density at radius 2 is 1.29 bits per heavy atom. The van der Waals surface area contributed by atoms with E-state index in [4.69, 9.17) is 18.9 Å². The van der Waals surface area contributed by atoms with Crippen molar-refractivity contribution >= 4 is 0 Å². The molecular formula is C24H42O4. The van der Waals surface area contributed by atoms with Gasteiger partial charge in [0.05, 0.1) is 33.0 Å². The minimum absolute atomic E-state index is 0.103. The number of para-hydroxylation sites is 1. The Bertz CT molecular complexity index is 404. The molecule has 1 aromatic carbocycles. The lowest BCUT2D eigenvalue weighted by atomic mass is 10.1. The predicted molar refractivity (Wildman–Crippen MR) is 116 cm³/mol. The molecule has 0 saturated carbocycles. The first-order valence-corrected chi connectivity index (χ1v) is 11.3. The lowest BCUT2D eigenvalue weighted by molar-refractivity contribution is -0.00515. The van der Waals surface area contributed by atoms with Crippen LogP contribution in [0.2, 0.25) is 0 Å². The van der Waals surface area contributed by atoms with Gasteiger partial charge >= 0.3 is 0 Å². The second-order valence-electron chi connectivity index (χ2n) is 7.20. The molecule has 0 aliphatic rings. The number of benzene rings is 1. The van der Waals surface area contributed by atoms with Crippen LogP contribution >= 0.6 is 0 Å². The van der Waals surface area contributed by atoms with Crippen molar-refractivity contribution in [1.82, 2.24) is 0 Å². The Morgan fingerprint density at radius 3 is 1.96 bits per heavy atom. The van der Waals surface area contributed by atoms with E-state index in [0.29, 0.717) is 33.0 Å². The minimum Gasteiger partial charge on any atom is -0.488 e. The highest BCUT2D eigenvalue weighted by atomic mass is 16.6. The van der Waals surface area contributed by atoms with E-state index in [-0.39, 0.29) is 6.10 Å². The Kier molecular flexibility index (Phi) is 17.1. The van der Waals surface area contributed by atoms with Crippen LogP contribution in [0.3, 0.4) is 0 Å². The molecule has 162 valence electrons. The van der Waals surface area contributed by atoms with Crippen LogP contribution in [0.5, 0.6) is 5.75 Å². The van der Waals surface area contributed by atoms with Crippen molar-refractivity contribution < 1.29 is 18.9 Å². The molecule has 0 radical (unpaired) electrons. The Balaban J connectivity index is 2.17. The summed E-state index contributed by atoms with van der Waals surface area (Å²) in [6.45, 7) is 8.07. The zero-order valence-corrected chi connectivity index (χ0v) is 18.2. The molecule has 1 aromatic rings. The molecule has 4 heteroatoms. The number of ether oxygens (including phenoxy) is 4. The standard InChI is InChI=1S/C24H42O4/c1-3-5-6-7-8-9-10-12-17-24(28-23-15-13-11-14-16-23)22-27-21-20-26-19-18-25-4-2/h11,13-16,24H,3-10,12,17-22H2,1-2H3. The monoisotopic (exact) mass is 394 g/mol. The van der Waals surface area contributed by atoms with E-state index >= 15 is 0 Å². The van der Waals surface area contributed by atoms with Crippen LogP contribution in [0, 0.1) is 0 Å². The minimum atomic E-state index is 0.103. The molecule has 0 amide bonds. The van der Waals surface area contributed by atoms with E-state index in [9.17, 15) is 0 Å². The SMILES string of the molecule is CCCCCCCCCCC(COCCOCCOCC)Oc1ccccc1. The van der Waals surface area contributed by atoms with Gasteiger partial charge in [-0.1, -0.05) is 70.1 Å². The zero-order valence-electron chi connectivity index (χ0n) is 18.2.